The molecule has 1 aromatic heterocycles. The molecule has 41 heavy (non-hydrogen) atoms. The van der Waals surface area contributed by atoms with Crippen LogP contribution in [-0.4, -0.2) is 55.0 Å². The Bertz CT molecular complexity index is 1510. The van der Waals surface area contributed by atoms with Gasteiger partial charge in [-0.25, -0.2) is 18.0 Å². The number of aryl methyl sites for hydroxylation is 1. The minimum Gasteiger partial charge on any atom is -0.475 e. The second-order valence-electron chi connectivity index (χ2n) is 7.59. The maximum atomic E-state index is 13.2. The van der Waals surface area contributed by atoms with E-state index in [0.29, 0.717) is 14.8 Å². The van der Waals surface area contributed by atoms with Crippen molar-refractivity contribution in [2.75, 3.05) is 12.0 Å². The zero-order valence-electron chi connectivity index (χ0n) is 20.8. The van der Waals surface area contributed by atoms with Crippen molar-refractivity contribution in [2.45, 2.75) is 33.3 Å². The largest absolute Gasteiger partial charge is 0.490 e. The van der Waals surface area contributed by atoms with Gasteiger partial charge in [0.25, 0.3) is 0 Å². The number of thiophene rings is 1. The first-order valence-electron chi connectivity index (χ1n) is 10.5. The first kappa shape index (κ1) is 35.3. The van der Waals surface area contributed by atoms with E-state index in [0.717, 1.165) is 16.7 Å². The fourth-order valence-corrected chi connectivity index (χ4v) is 6.69. The number of hydrogen-bond acceptors (Lipinski definition) is 8. The fraction of sp³-hybridized carbons (Fsp3) is 0.174. The molecule has 1 heterocycles. The van der Waals surface area contributed by atoms with Gasteiger partial charge in [0, 0.05) is 5.69 Å². The molecule has 3 rings (SSSR count). The number of aliphatic carboxylic acids is 2. The van der Waals surface area contributed by atoms with Crippen LogP contribution in [0, 0.1) is 12.3 Å². The van der Waals surface area contributed by atoms with Crippen LogP contribution in [0.5, 0.6) is 0 Å². The number of amidine groups is 1. The Hall–Kier alpha value is -3.77. The number of sulfone groups is 1. The van der Waals surface area contributed by atoms with Crippen LogP contribution in [0.4, 0.5) is 32.0 Å². The van der Waals surface area contributed by atoms with Gasteiger partial charge < -0.3 is 21.7 Å². The van der Waals surface area contributed by atoms with Crippen LogP contribution in [0.15, 0.2) is 62.5 Å². The minimum atomic E-state index is -5.08. The van der Waals surface area contributed by atoms with Gasteiger partial charge in [0.2, 0.25) is 9.84 Å². The van der Waals surface area contributed by atoms with Gasteiger partial charge in [-0.3, -0.25) is 5.41 Å². The second-order valence-corrected chi connectivity index (χ2v) is 11.6. The minimum absolute atomic E-state index is 0.136. The van der Waals surface area contributed by atoms with E-state index in [1.807, 2.05) is 31.4 Å². The van der Waals surface area contributed by atoms with E-state index in [2.05, 4.69) is 0 Å². The summed E-state index contributed by atoms with van der Waals surface area (Å²) in [6, 6.07) is 13.9. The van der Waals surface area contributed by atoms with Gasteiger partial charge in [0.1, 0.15) is 5.84 Å². The highest BCUT2D eigenvalue weighted by molar-refractivity contribution is 8.01. The number of carboxylic acid groups (broad SMARTS) is 2. The van der Waals surface area contributed by atoms with Crippen LogP contribution in [0.3, 0.4) is 0 Å². The molecular formula is C23H21F6N3O6S3. The number of carbonyl (C=O) groups is 2. The summed E-state index contributed by atoms with van der Waals surface area (Å²) in [6.07, 6.45) is -8.36. The Morgan fingerprint density at radius 3 is 1.88 bits per heavy atom. The van der Waals surface area contributed by atoms with Crippen molar-refractivity contribution in [2.24, 2.45) is 5.73 Å². The zero-order chi connectivity index (χ0) is 31.9. The molecule has 9 nitrogen and oxygen atoms in total. The smallest absolute Gasteiger partial charge is 0.475 e. The highest BCUT2D eigenvalue weighted by Crippen LogP contribution is 2.38. The van der Waals surface area contributed by atoms with E-state index in [4.69, 9.17) is 36.7 Å². The lowest BCUT2D eigenvalue weighted by Crippen LogP contribution is -2.21. The van der Waals surface area contributed by atoms with E-state index in [9.17, 15) is 34.8 Å². The molecule has 0 fully saturated rings. The predicted molar refractivity (Wildman–Crippen MR) is 141 cm³/mol. The first-order valence-corrected chi connectivity index (χ1v) is 14.0. The number of benzene rings is 2. The summed E-state index contributed by atoms with van der Waals surface area (Å²) in [4.78, 5) is 18.6. The molecule has 7 N–H and O–H groups in total. The average Bonchev–Trinajstić information content (AvgIpc) is 3.30. The van der Waals surface area contributed by atoms with Crippen molar-refractivity contribution in [3.8, 4) is 11.1 Å². The summed E-state index contributed by atoms with van der Waals surface area (Å²) in [5.74, 6) is -5.65. The molecule has 3 aromatic rings. The first-order chi connectivity index (χ1) is 18.6. The number of carboxylic acids is 2. The maximum absolute atomic E-state index is 13.2. The Kier molecular flexibility index (Phi) is 11.8. The third-order valence-corrected chi connectivity index (χ3v) is 8.93. The molecule has 0 aliphatic carbocycles. The quantitative estimate of drug-likeness (QED) is 0.0796. The van der Waals surface area contributed by atoms with Crippen molar-refractivity contribution >= 4 is 56.4 Å². The van der Waals surface area contributed by atoms with Crippen molar-refractivity contribution in [1.82, 2.24) is 0 Å². The van der Waals surface area contributed by atoms with E-state index in [1.165, 1.54) is 29.2 Å². The molecule has 0 spiro atoms. The van der Waals surface area contributed by atoms with E-state index in [-0.39, 0.29) is 15.6 Å². The molecule has 0 saturated carbocycles. The van der Waals surface area contributed by atoms with Crippen LogP contribution in [0.1, 0.15) is 10.4 Å². The van der Waals surface area contributed by atoms with E-state index in [1.54, 1.807) is 24.3 Å². The van der Waals surface area contributed by atoms with Gasteiger partial charge >= 0.3 is 24.3 Å². The summed E-state index contributed by atoms with van der Waals surface area (Å²) in [7, 11) is -3.73. The van der Waals surface area contributed by atoms with Crippen molar-refractivity contribution in [1.29, 1.82) is 5.41 Å². The molecule has 0 aliphatic heterocycles. The van der Waals surface area contributed by atoms with Crippen LogP contribution in [-0.2, 0) is 19.4 Å². The normalized spacial score (nSPS) is 11.4. The third kappa shape index (κ3) is 9.98. The highest BCUT2D eigenvalue weighted by atomic mass is 32.2. The van der Waals surface area contributed by atoms with Crippen molar-refractivity contribution in [3.63, 3.8) is 0 Å². The number of halogens is 6. The summed E-state index contributed by atoms with van der Waals surface area (Å²) in [6.45, 7) is 1.94. The maximum Gasteiger partial charge on any atom is 0.490 e. The fourth-order valence-electron chi connectivity index (χ4n) is 2.79. The average molecular weight is 646 g/mol. The predicted octanol–water partition coefficient (Wildman–Crippen LogP) is 5.41. The zero-order valence-corrected chi connectivity index (χ0v) is 23.2. The van der Waals surface area contributed by atoms with Crippen LogP contribution in [0.2, 0.25) is 0 Å². The summed E-state index contributed by atoms with van der Waals surface area (Å²) < 4.78 is 90.6. The second kappa shape index (κ2) is 13.7. The van der Waals surface area contributed by atoms with Gasteiger partial charge in [0.15, 0.2) is 0 Å². The van der Waals surface area contributed by atoms with Crippen LogP contribution < -0.4 is 11.5 Å². The van der Waals surface area contributed by atoms with Gasteiger partial charge in [-0.05, 0) is 60.2 Å². The van der Waals surface area contributed by atoms with Crippen LogP contribution in [0.25, 0.3) is 11.1 Å². The number of thioether (sulfide) groups is 1. The van der Waals surface area contributed by atoms with Crippen molar-refractivity contribution in [3.05, 3.63) is 59.0 Å². The Morgan fingerprint density at radius 2 is 1.46 bits per heavy atom. The Morgan fingerprint density at radius 1 is 0.951 bits per heavy atom. The summed E-state index contributed by atoms with van der Waals surface area (Å²) in [5, 5.41) is 21.8. The molecule has 18 heteroatoms. The molecule has 0 saturated heterocycles. The number of nitrogens with two attached hydrogens (primary N) is 2. The molecule has 0 bridgehead atoms. The molecule has 0 atom stereocenters. The number of nitrogen functional groups attached to an aromatic ring is 2. The monoisotopic (exact) mass is 645 g/mol. The standard InChI is InChI=1S/C19H19N3O2S3.2C2HF3O2/c1-11-8-13(20)6-7-15(11)12-4-3-5-14(9-12)27(23,24)17-10-16(18(21)22)26-19(17)25-2;2*3-2(4,5)1(6)7/h3-10H,20H2,1-2H3,(H3,21,22);2*(H,6,7). The van der Waals surface area contributed by atoms with Gasteiger partial charge in [-0.2, -0.15) is 26.3 Å². The van der Waals surface area contributed by atoms with Crippen molar-refractivity contribution < 1.29 is 54.6 Å². The molecule has 0 radical (unpaired) electrons. The number of hydrogen-bond donors (Lipinski definition) is 5. The lowest BCUT2D eigenvalue weighted by molar-refractivity contribution is -0.193. The van der Waals surface area contributed by atoms with Gasteiger partial charge in [-0.1, -0.05) is 18.2 Å². The van der Waals surface area contributed by atoms with E-state index >= 15 is 0 Å². The van der Waals surface area contributed by atoms with E-state index < -0.39 is 34.1 Å². The number of alkyl halides is 6. The number of anilines is 1. The third-order valence-electron chi connectivity index (χ3n) is 4.60. The van der Waals surface area contributed by atoms with Gasteiger partial charge in [-0.15, -0.1) is 23.1 Å². The molecular weight excluding hydrogens is 624 g/mol. The highest BCUT2D eigenvalue weighted by Gasteiger charge is 2.38. The Balaban J connectivity index is 0.000000497. The number of rotatable bonds is 5. The lowest BCUT2D eigenvalue weighted by Gasteiger charge is -2.10. The summed E-state index contributed by atoms with van der Waals surface area (Å²) in [5.41, 5.74) is 14.7. The molecule has 2 aromatic carbocycles. The Labute approximate surface area is 237 Å². The SMILES string of the molecule is CSc1sc(C(=N)N)cc1S(=O)(=O)c1cccc(-c2ccc(N)cc2C)c1.O=C(O)C(F)(F)F.O=C(O)C(F)(F)F. The molecule has 224 valence electrons. The van der Waals surface area contributed by atoms with Crippen LogP contribution >= 0.6 is 23.1 Å². The summed E-state index contributed by atoms with van der Waals surface area (Å²) >= 11 is 2.55. The molecule has 0 unspecified atom stereocenters. The van der Waals surface area contributed by atoms with Gasteiger partial charge in [0.05, 0.1) is 18.9 Å². The number of nitrogens with one attached hydrogen (secondary N) is 1. The lowest BCUT2D eigenvalue weighted by atomic mass is 10.0. The molecule has 0 amide bonds. The topological polar surface area (TPSA) is 185 Å². The molecule has 0 aliphatic rings.